The molecule has 0 aliphatic heterocycles. The Hall–Kier alpha value is -4.20. The van der Waals surface area contributed by atoms with E-state index in [1.54, 1.807) is 37.3 Å². The number of rotatable bonds is 8. The molecule has 0 radical (unpaired) electrons. The minimum absolute atomic E-state index is 0.136. The lowest BCUT2D eigenvalue weighted by molar-refractivity contribution is 0.0527. The zero-order valence-corrected chi connectivity index (χ0v) is 19.3. The molecule has 0 unspecified atom stereocenters. The highest BCUT2D eigenvalue weighted by Gasteiger charge is 2.23. The molecular formula is C26H26N4O4. The van der Waals surface area contributed by atoms with Crippen LogP contribution in [0.15, 0.2) is 66.9 Å². The third kappa shape index (κ3) is 5.06. The summed E-state index contributed by atoms with van der Waals surface area (Å²) >= 11 is 0. The zero-order valence-electron chi connectivity index (χ0n) is 19.3. The first-order chi connectivity index (χ1) is 16.5. The maximum absolute atomic E-state index is 13.2. The predicted molar refractivity (Wildman–Crippen MR) is 130 cm³/mol. The molecule has 4 rings (SSSR count). The van der Waals surface area contributed by atoms with Crippen LogP contribution in [-0.4, -0.2) is 39.9 Å². The number of nitrogens with zero attached hydrogens (tertiary/aromatic N) is 3. The molecule has 0 aliphatic rings. The van der Waals surface area contributed by atoms with Crippen LogP contribution in [0.4, 0.5) is 5.82 Å². The molecule has 0 saturated carbocycles. The Morgan fingerprint density at radius 2 is 1.88 bits per heavy atom. The topological polar surface area (TPSA) is 95.3 Å². The summed E-state index contributed by atoms with van der Waals surface area (Å²) in [7, 11) is 0. The monoisotopic (exact) mass is 458 g/mol. The van der Waals surface area contributed by atoms with E-state index < -0.39 is 11.9 Å². The molecule has 0 fully saturated rings. The molecule has 8 nitrogen and oxygen atoms in total. The minimum Gasteiger partial charge on any atom is -0.493 e. The molecule has 1 N–H and O–H groups in total. The summed E-state index contributed by atoms with van der Waals surface area (Å²) in [6.07, 6.45) is 1.37. The second-order valence-corrected chi connectivity index (χ2v) is 8.09. The lowest BCUT2D eigenvalue weighted by atomic mass is 10.2. The molecule has 2 heterocycles. The molecule has 0 spiro atoms. The number of nitrogens with one attached hydrogen (secondary N) is 1. The number of esters is 1. The number of hydrogen-bond acceptors (Lipinski definition) is 6. The smallest absolute Gasteiger partial charge is 0.343 e. The van der Waals surface area contributed by atoms with Crippen LogP contribution < -0.4 is 10.1 Å². The van der Waals surface area contributed by atoms with Crippen LogP contribution in [0.3, 0.4) is 0 Å². The number of benzene rings is 2. The lowest BCUT2D eigenvalue weighted by Crippen LogP contribution is -2.18. The Labute approximate surface area is 197 Å². The maximum Gasteiger partial charge on any atom is 0.343 e. The van der Waals surface area contributed by atoms with Crippen molar-refractivity contribution in [3.63, 3.8) is 0 Å². The molecule has 2 aromatic heterocycles. The van der Waals surface area contributed by atoms with Gasteiger partial charge in [0.25, 0.3) is 5.91 Å². The van der Waals surface area contributed by atoms with Crippen molar-refractivity contribution in [2.75, 3.05) is 18.5 Å². The first-order valence-corrected chi connectivity index (χ1v) is 11.1. The number of para-hydroxylation sites is 1. The number of amides is 1. The van der Waals surface area contributed by atoms with Gasteiger partial charge < -0.3 is 14.8 Å². The van der Waals surface area contributed by atoms with E-state index in [1.807, 2.05) is 30.3 Å². The Morgan fingerprint density at radius 1 is 1.06 bits per heavy atom. The number of pyridine rings is 1. The summed E-state index contributed by atoms with van der Waals surface area (Å²) in [4.78, 5) is 30.4. The summed E-state index contributed by atoms with van der Waals surface area (Å²) in [6, 6.07) is 18.2. The normalized spacial score (nSPS) is 10.9. The van der Waals surface area contributed by atoms with Crippen molar-refractivity contribution in [3.8, 4) is 11.6 Å². The van der Waals surface area contributed by atoms with E-state index >= 15 is 0 Å². The van der Waals surface area contributed by atoms with Crippen molar-refractivity contribution in [1.29, 1.82) is 0 Å². The number of carbonyl (C=O) groups excluding carboxylic acids is 2. The van der Waals surface area contributed by atoms with Gasteiger partial charge in [-0.15, -0.1) is 0 Å². The van der Waals surface area contributed by atoms with Crippen LogP contribution >= 0.6 is 0 Å². The highest BCUT2D eigenvalue weighted by Crippen LogP contribution is 2.24. The van der Waals surface area contributed by atoms with Crippen LogP contribution in [0.5, 0.6) is 5.75 Å². The minimum atomic E-state index is -0.584. The van der Waals surface area contributed by atoms with Crippen molar-refractivity contribution in [2.45, 2.75) is 20.8 Å². The Kier molecular flexibility index (Phi) is 6.87. The molecule has 0 saturated heterocycles. The van der Waals surface area contributed by atoms with Crippen LogP contribution in [-0.2, 0) is 4.74 Å². The van der Waals surface area contributed by atoms with Crippen LogP contribution in [0.1, 0.15) is 41.5 Å². The second kappa shape index (κ2) is 10.2. The standard InChI is InChI=1S/C26H26N4O4/c1-4-33-26(32)21-15-27-30(23-13-12-18-8-5-6-11-22(18)28-23)24(21)29-25(31)19-9-7-10-20(14-19)34-16-17(2)3/h5-15,17H,4,16H2,1-3H3,(H,29,31). The van der Waals surface area contributed by atoms with Gasteiger partial charge in [0.2, 0.25) is 0 Å². The molecule has 34 heavy (non-hydrogen) atoms. The molecule has 174 valence electrons. The van der Waals surface area contributed by atoms with Gasteiger partial charge in [-0.2, -0.15) is 9.78 Å². The largest absolute Gasteiger partial charge is 0.493 e. The highest BCUT2D eigenvalue weighted by molar-refractivity contribution is 6.07. The van der Waals surface area contributed by atoms with Crippen LogP contribution in [0, 0.1) is 5.92 Å². The van der Waals surface area contributed by atoms with Crippen molar-refractivity contribution in [2.24, 2.45) is 5.92 Å². The molecule has 2 aromatic carbocycles. The Balaban J connectivity index is 1.69. The number of hydrogen-bond donors (Lipinski definition) is 1. The van der Waals surface area contributed by atoms with Gasteiger partial charge in [-0.05, 0) is 49.2 Å². The van der Waals surface area contributed by atoms with Gasteiger partial charge in [0, 0.05) is 10.9 Å². The van der Waals surface area contributed by atoms with Gasteiger partial charge in [0.15, 0.2) is 11.6 Å². The fourth-order valence-electron chi connectivity index (χ4n) is 3.34. The SMILES string of the molecule is CCOC(=O)c1cnn(-c2ccc3ccccc3n2)c1NC(=O)c1cccc(OCC(C)C)c1. The van der Waals surface area contributed by atoms with E-state index in [4.69, 9.17) is 9.47 Å². The van der Waals surface area contributed by atoms with E-state index in [-0.39, 0.29) is 18.0 Å². The Morgan fingerprint density at radius 3 is 2.68 bits per heavy atom. The summed E-state index contributed by atoms with van der Waals surface area (Å²) in [5.41, 5.74) is 1.29. The average Bonchev–Trinajstić information content (AvgIpc) is 3.26. The van der Waals surface area contributed by atoms with E-state index in [2.05, 4.69) is 29.2 Å². The first-order valence-electron chi connectivity index (χ1n) is 11.1. The molecule has 4 aromatic rings. The van der Waals surface area contributed by atoms with Gasteiger partial charge in [0.1, 0.15) is 11.3 Å². The molecule has 8 heteroatoms. The lowest BCUT2D eigenvalue weighted by Gasteiger charge is -2.12. The van der Waals surface area contributed by atoms with Crippen molar-refractivity contribution in [3.05, 3.63) is 78.0 Å². The molecule has 0 atom stereocenters. The second-order valence-electron chi connectivity index (χ2n) is 8.09. The van der Waals surface area contributed by atoms with Gasteiger partial charge in [-0.25, -0.2) is 9.78 Å². The third-order valence-corrected chi connectivity index (χ3v) is 4.98. The van der Waals surface area contributed by atoms with E-state index in [9.17, 15) is 9.59 Å². The summed E-state index contributed by atoms with van der Waals surface area (Å²) in [5, 5.41) is 8.11. The van der Waals surface area contributed by atoms with E-state index in [0.717, 1.165) is 10.9 Å². The third-order valence-electron chi connectivity index (χ3n) is 4.98. The number of aromatic nitrogens is 3. The predicted octanol–water partition coefficient (Wildman–Crippen LogP) is 4.88. The number of carbonyl (C=O) groups is 2. The quantitative estimate of drug-likeness (QED) is 0.378. The van der Waals surface area contributed by atoms with Crippen LogP contribution in [0.2, 0.25) is 0 Å². The fourth-order valence-corrected chi connectivity index (χ4v) is 3.34. The van der Waals surface area contributed by atoms with Crippen molar-refractivity contribution < 1.29 is 19.1 Å². The number of fused-ring (bicyclic) bond motifs is 1. The van der Waals surface area contributed by atoms with E-state index in [1.165, 1.54) is 10.9 Å². The molecule has 0 aliphatic carbocycles. The average molecular weight is 459 g/mol. The number of ether oxygens (including phenoxy) is 2. The van der Waals surface area contributed by atoms with Crippen LogP contribution in [0.25, 0.3) is 16.7 Å². The zero-order chi connectivity index (χ0) is 24.1. The summed E-state index contributed by atoms with van der Waals surface area (Å²) in [5.74, 6) is 0.588. The fraction of sp³-hybridized carbons (Fsp3) is 0.231. The highest BCUT2D eigenvalue weighted by atomic mass is 16.5. The van der Waals surface area contributed by atoms with Gasteiger partial charge in [-0.1, -0.05) is 38.1 Å². The number of anilines is 1. The summed E-state index contributed by atoms with van der Waals surface area (Å²) < 4.78 is 12.3. The van der Waals surface area contributed by atoms with Gasteiger partial charge in [0.05, 0.1) is 24.9 Å². The molecule has 1 amide bonds. The van der Waals surface area contributed by atoms with Gasteiger partial charge in [-0.3, -0.25) is 4.79 Å². The summed E-state index contributed by atoms with van der Waals surface area (Å²) in [6.45, 7) is 6.55. The Bertz CT molecular complexity index is 1330. The first kappa shape index (κ1) is 23.0. The van der Waals surface area contributed by atoms with Crippen molar-refractivity contribution >= 4 is 28.6 Å². The maximum atomic E-state index is 13.2. The van der Waals surface area contributed by atoms with E-state index in [0.29, 0.717) is 29.7 Å². The molecule has 0 bridgehead atoms. The van der Waals surface area contributed by atoms with Gasteiger partial charge >= 0.3 is 5.97 Å². The van der Waals surface area contributed by atoms with Crippen molar-refractivity contribution in [1.82, 2.24) is 14.8 Å². The molecular weight excluding hydrogens is 432 g/mol.